The number of hydrogen-bond acceptors (Lipinski definition) is 1. The Balaban J connectivity index is 1.52. The van der Waals surface area contributed by atoms with E-state index < -0.39 is 0 Å². The van der Waals surface area contributed by atoms with Crippen LogP contribution in [0.25, 0.3) is 0 Å². The zero-order valence-electron chi connectivity index (χ0n) is 20.7. The minimum atomic E-state index is -0.0795. The fraction of sp³-hybridized carbons (Fsp3) is 0.862. The van der Waals surface area contributed by atoms with E-state index in [4.69, 9.17) is 0 Å². The van der Waals surface area contributed by atoms with Crippen LogP contribution in [0.2, 0.25) is 0 Å². The normalized spacial score (nSPS) is 46.6. The van der Waals surface area contributed by atoms with E-state index in [-0.39, 0.29) is 6.10 Å². The van der Waals surface area contributed by atoms with E-state index in [1.165, 1.54) is 56.9 Å². The lowest BCUT2D eigenvalue weighted by Crippen LogP contribution is -2.52. The molecule has 1 heteroatoms. The summed E-state index contributed by atoms with van der Waals surface area (Å²) in [5, 5.41) is 10.5. The van der Waals surface area contributed by atoms with Crippen LogP contribution in [0.3, 0.4) is 0 Å². The molecule has 0 aromatic carbocycles. The molecule has 170 valence electrons. The minimum absolute atomic E-state index is 0.0795. The maximum absolute atomic E-state index is 10.5. The quantitative estimate of drug-likeness (QED) is 0.457. The Morgan fingerprint density at radius 3 is 2.43 bits per heavy atom. The van der Waals surface area contributed by atoms with Gasteiger partial charge in [0.15, 0.2) is 0 Å². The Hall–Kier alpha value is -0.560. The Labute approximate surface area is 186 Å². The van der Waals surface area contributed by atoms with E-state index in [1.54, 1.807) is 0 Å². The average molecular weight is 413 g/mol. The van der Waals surface area contributed by atoms with Gasteiger partial charge in [0.2, 0.25) is 0 Å². The number of aliphatic hydroxyl groups excluding tert-OH is 1. The van der Waals surface area contributed by atoms with Gasteiger partial charge in [-0.05, 0) is 110 Å². The third-order valence-corrected chi connectivity index (χ3v) is 11.1. The molecule has 1 N–H and O–H groups in total. The molecule has 0 bridgehead atoms. The molecule has 1 unspecified atom stereocenters. The molecule has 4 aliphatic rings. The largest absolute Gasteiger partial charge is 0.393 e. The van der Waals surface area contributed by atoms with E-state index in [9.17, 15) is 5.11 Å². The van der Waals surface area contributed by atoms with Gasteiger partial charge in [-0.15, -0.1) is 0 Å². The highest BCUT2D eigenvalue weighted by Crippen LogP contribution is 2.67. The molecule has 0 heterocycles. The summed E-state index contributed by atoms with van der Waals surface area (Å²) in [4.78, 5) is 0. The zero-order valence-corrected chi connectivity index (χ0v) is 20.7. The highest BCUT2D eigenvalue weighted by atomic mass is 16.3. The number of rotatable bonds is 5. The number of allylic oxidation sites excluding steroid dienone is 3. The Morgan fingerprint density at radius 1 is 1.07 bits per heavy atom. The van der Waals surface area contributed by atoms with Crippen LogP contribution < -0.4 is 0 Å². The van der Waals surface area contributed by atoms with Crippen molar-refractivity contribution in [3.05, 3.63) is 23.8 Å². The van der Waals surface area contributed by atoms with Gasteiger partial charge >= 0.3 is 0 Å². The first-order valence-corrected chi connectivity index (χ1v) is 13.1. The summed E-state index contributed by atoms with van der Waals surface area (Å²) in [6.07, 6.45) is 14.2. The summed E-state index contributed by atoms with van der Waals surface area (Å²) >= 11 is 0. The van der Waals surface area contributed by atoms with Gasteiger partial charge in [0.1, 0.15) is 0 Å². The van der Waals surface area contributed by atoms with Crippen LogP contribution in [0, 0.1) is 52.3 Å². The second-order valence-electron chi connectivity index (χ2n) is 12.7. The molecule has 4 rings (SSSR count). The molecule has 0 aromatic rings. The van der Waals surface area contributed by atoms with Crippen LogP contribution in [-0.4, -0.2) is 11.2 Å². The van der Waals surface area contributed by atoms with Crippen molar-refractivity contribution in [3.63, 3.8) is 0 Å². The topological polar surface area (TPSA) is 20.2 Å². The minimum Gasteiger partial charge on any atom is -0.393 e. The van der Waals surface area contributed by atoms with Crippen LogP contribution in [-0.2, 0) is 0 Å². The van der Waals surface area contributed by atoms with E-state index >= 15 is 0 Å². The Morgan fingerprint density at radius 2 is 1.73 bits per heavy atom. The van der Waals surface area contributed by atoms with E-state index in [1.807, 2.05) is 5.57 Å². The molecule has 0 aliphatic heterocycles. The van der Waals surface area contributed by atoms with Crippen molar-refractivity contribution in [1.29, 1.82) is 0 Å². The van der Waals surface area contributed by atoms with Gasteiger partial charge in [0.25, 0.3) is 0 Å². The lowest BCUT2D eigenvalue weighted by Gasteiger charge is -2.59. The van der Waals surface area contributed by atoms with Crippen molar-refractivity contribution >= 4 is 0 Å². The lowest BCUT2D eigenvalue weighted by atomic mass is 9.46. The van der Waals surface area contributed by atoms with Crippen molar-refractivity contribution in [1.82, 2.24) is 0 Å². The molecule has 3 saturated carbocycles. The third kappa shape index (κ3) is 3.46. The van der Waals surface area contributed by atoms with Gasteiger partial charge in [0, 0.05) is 0 Å². The van der Waals surface area contributed by atoms with Crippen LogP contribution in [0.4, 0.5) is 0 Å². The van der Waals surface area contributed by atoms with Crippen molar-refractivity contribution in [2.75, 3.05) is 0 Å². The molecule has 0 spiro atoms. The standard InChI is InChI=1S/C29H48O/c1-18(2)19(3)8-9-20(4)23-12-13-25-22-10-11-24-21(5)27(30)15-17-29(24,7)26(22)14-16-28(23,25)6/h10,18,20-21,23-27,30H,3,8-9,11-17H2,1-2,4-7H3/t20-,21?,23-,24+,25+,26+,27+,28-,29+/m1/s1. The van der Waals surface area contributed by atoms with Crippen molar-refractivity contribution in [3.8, 4) is 0 Å². The van der Waals surface area contributed by atoms with Crippen LogP contribution in [0.5, 0.6) is 0 Å². The molecule has 3 fully saturated rings. The summed E-state index contributed by atoms with van der Waals surface area (Å²) in [5.41, 5.74) is 4.22. The van der Waals surface area contributed by atoms with Gasteiger partial charge in [-0.3, -0.25) is 0 Å². The first kappa shape index (κ1) is 22.6. The lowest BCUT2D eigenvalue weighted by molar-refractivity contribution is -0.0773. The fourth-order valence-corrected chi connectivity index (χ4v) is 8.82. The second-order valence-corrected chi connectivity index (χ2v) is 12.7. The summed E-state index contributed by atoms with van der Waals surface area (Å²) in [7, 11) is 0. The van der Waals surface area contributed by atoms with Gasteiger partial charge in [0.05, 0.1) is 6.10 Å². The summed E-state index contributed by atoms with van der Waals surface area (Å²) in [6, 6.07) is 0. The molecule has 0 saturated heterocycles. The molecule has 0 amide bonds. The Kier molecular flexibility index (Phi) is 6.10. The zero-order chi connectivity index (χ0) is 21.8. The first-order valence-electron chi connectivity index (χ1n) is 13.1. The number of fused-ring (bicyclic) bond motifs is 5. The van der Waals surface area contributed by atoms with Gasteiger partial charge in [-0.1, -0.05) is 65.3 Å². The van der Waals surface area contributed by atoms with Crippen LogP contribution in [0.1, 0.15) is 99.3 Å². The van der Waals surface area contributed by atoms with Gasteiger partial charge in [-0.25, -0.2) is 0 Å². The molecule has 0 aromatic heterocycles. The van der Waals surface area contributed by atoms with Crippen molar-refractivity contribution in [2.24, 2.45) is 52.3 Å². The SMILES string of the molecule is C=C(CC[C@@H](C)[C@H]1CC[C@H]2C3=CC[C@H]4C(C)[C@@H](O)CC[C@]4(C)[C@H]3CC[C@]12C)C(C)C. The summed E-state index contributed by atoms with van der Waals surface area (Å²) < 4.78 is 0. The highest BCUT2D eigenvalue weighted by molar-refractivity contribution is 5.28. The third-order valence-electron chi connectivity index (χ3n) is 11.1. The molecule has 9 atom stereocenters. The molecule has 1 nitrogen and oxygen atoms in total. The molecule has 0 radical (unpaired) electrons. The molecule has 4 aliphatic carbocycles. The van der Waals surface area contributed by atoms with E-state index in [2.05, 4.69) is 54.2 Å². The van der Waals surface area contributed by atoms with Gasteiger partial charge in [-0.2, -0.15) is 0 Å². The van der Waals surface area contributed by atoms with E-state index in [0.717, 1.165) is 30.1 Å². The fourth-order valence-electron chi connectivity index (χ4n) is 8.82. The maximum Gasteiger partial charge on any atom is 0.0568 e. The average Bonchev–Trinajstić information content (AvgIpc) is 3.06. The number of hydrogen-bond donors (Lipinski definition) is 1. The smallest absolute Gasteiger partial charge is 0.0568 e. The summed E-state index contributed by atoms with van der Waals surface area (Å²) in [6.45, 7) is 19.0. The first-order chi connectivity index (χ1) is 14.1. The van der Waals surface area contributed by atoms with Crippen LogP contribution in [0.15, 0.2) is 23.8 Å². The van der Waals surface area contributed by atoms with Crippen LogP contribution >= 0.6 is 0 Å². The monoisotopic (exact) mass is 412 g/mol. The van der Waals surface area contributed by atoms with Crippen molar-refractivity contribution < 1.29 is 5.11 Å². The number of aliphatic hydroxyl groups is 1. The maximum atomic E-state index is 10.5. The molecular weight excluding hydrogens is 364 g/mol. The van der Waals surface area contributed by atoms with Crippen molar-refractivity contribution in [2.45, 2.75) is 105 Å². The predicted octanol–water partition coefficient (Wildman–Crippen LogP) is 7.80. The van der Waals surface area contributed by atoms with Gasteiger partial charge < -0.3 is 5.11 Å². The highest BCUT2D eigenvalue weighted by Gasteiger charge is 2.59. The van der Waals surface area contributed by atoms with E-state index in [0.29, 0.717) is 28.6 Å². The second kappa shape index (κ2) is 8.09. The summed E-state index contributed by atoms with van der Waals surface area (Å²) in [5.74, 6) is 5.04. The Bertz CT molecular complexity index is 688. The molecule has 30 heavy (non-hydrogen) atoms. The predicted molar refractivity (Wildman–Crippen MR) is 128 cm³/mol. The molecular formula is C29H48O.